The van der Waals surface area contributed by atoms with Gasteiger partial charge in [-0.05, 0) is 63.3 Å². The second kappa shape index (κ2) is 11.3. The number of rotatable bonds is 10. The van der Waals surface area contributed by atoms with Crippen LogP contribution in [0.15, 0.2) is 60.8 Å². The number of aromatic nitrogens is 2. The Morgan fingerprint density at radius 3 is 2.39 bits per heavy atom. The minimum atomic E-state index is -0.575. The molecule has 1 aromatic heterocycles. The first-order valence-electron chi connectivity index (χ1n) is 13.3. The summed E-state index contributed by atoms with van der Waals surface area (Å²) in [6, 6.07) is 17.9. The minimum Gasteiger partial charge on any atom is -0.482 e. The lowest BCUT2D eigenvalue weighted by Crippen LogP contribution is -2.45. The highest BCUT2D eigenvalue weighted by Gasteiger charge is 2.38. The minimum absolute atomic E-state index is 0.0752. The number of benzene rings is 2. The molecule has 202 valence electrons. The van der Waals surface area contributed by atoms with E-state index in [1.807, 2.05) is 47.1 Å². The Balaban J connectivity index is 1.56. The largest absolute Gasteiger partial charge is 0.482 e. The monoisotopic (exact) mass is 518 g/mol. The summed E-state index contributed by atoms with van der Waals surface area (Å²) in [6.45, 7) is 10.4. The van der Waals surface area contributed by atoms with Gasteiger partial charge in [0.1, 0.15) is 17.1 Å². The summed E-state index contributed by atoms with van der Waals surface area (Å²) >= 11 is 0. The maximum Gasteiger partial charge on any atom is 0.344 e. The van der Waals surface area contributed by atoms with Crippen molar-refractivity contribution in [3.05, 3.63) is 77.5 Å². The molecule has 2 N–H and O–H groups in total. The molecule has 0 bridgehead atoms. The molecule has 2 heterocycles. The molecule has 1 atom stereocenters. The summed E-state index contributed by atoms with van der Waals surface area (Å²) < 4.78 is 12.4. The molecule has 1 unspecified atom stereocenters. The van der Waals surface area contributed by atoms with E-state index in [2.05, 4.69) is 55.6 Å². The molecule has 3 aromatic rings. The fourth-order valence-electron chi connectivity index (χ4n) is 5.21. The molecule has 1 aliphatic rings. The molecule has 38 heavy (non-hydrogen) atoms. The first-order valence-corrected chi connectivity index (χ1v) is 13.3. The van der Waals surface area contributed by atoms with E-state index in [0.29, 0.717) is 30.8 Å². The number of amides is 1. The second-order valence-corrected chi connectivity index (χ2v) is 10.3. The van der Waals surface area contributed by atoms with Crippen LogP contribution in [0.4, 0.5) is 5.82 Å². The van der Waals surface area contributed by atoms with Gasteiger partial charge < -0.3 is 20.1 Å². The number of carbonyl (C=O) groups excluding carboxylic acids is 2. The average Bonchev–Trinajstić information content (AvgIpc) is 3.37. The highest BCUT2D eigenvalue weighted by Crippen LogP contribution is 2.40. The van der Waals surface area contributed by atoms with Crippen LogP contribution in [-0.2, 0) is 20.6 Å². The van der Waals surface area contributed by atoms with Crippen LogP contribution < -0.4 is 15.4 Å². The fourth-order valence-corrected chi connectivity index (χ4v) is 5.21. The van der Waals surface area contributed by atoms with Crippen LogP contribution in [0.2, 0.25) is 0 Å². The van der Waals surface area contributed by atoms with Gasteiger partial charge in [0.05, 0.1) is 29.9 Å². The lowest BCUT2D eigenvalue weighted by Gasteiger charge is -2.38. The molecule has 0 saturated heterocycles. The summed E-state index contributed by atoms with van der Waals surface area (Å²) in [5.41, 5.74) is 1.84. The summed E-state index contributed by atoms with van der Waals surface area (Å²) in [5, 5.41) is 11.5. The van der Waals surface area contributed by atoms with Crippen molar-refractivity contribution in [1.82, 2.24) is 15.1 Å². The average molecular weight is 519 g/mol. The number of nitrogens with one attached hydrogen (secondary N) is 2. The Hall–Kier alpha value is -3.81. The zero-order valence-electron chi connectivity index (χ0n) is 22.9. The smallest absolute Gasteiger partial charge is 0.344 e. The molecule has 0 radical (unpaired) electrons. The maximum absolute atomic E-state index is 13.8. The number of fused-ring (bicyclic) bond motifs is 1. The van der Waals surface area contributed by atoms with Crippen molar-refractivity contribution >= 4 is 17.7 Å². The molecular formula is C30H38N4O4. The second-order valence-electron chi connectivity index (χ2n) is 10.3. The van der Waals surface area contributed by atoms with E-state index in [1.165, 1.54) is 5.56 Å². The van der Waals surface area contributed by atoms with Crippen molar-refractivity contribution in [2.24, 2.45) is 0 Å². The summed E-state index contributed by atoms with van der Waals surface area (Å²) in [7, 11) is 0. The third-order valence-corrected chi connectivity index (χ3v) is 7.43. The van der Waals surface area contributed by atoms with Gasteiger partial charge in [-0.3, -0.25) is 4.79 Å². The van der Waals surface area contributed by atoms with Gasteiger partial charge in [-0.25, -0.2) is 9.48 Å². The molecule has 0 fully saturated rings. The van der Waals surface area contributed by atoms with Crippen LogP contribution in [0.25, 0.3) is 0 Å². The van der Waals surface area contributed by atoms with Crippen molar-refractivity contribution in [3.63, 3.8) is 0 Å². The van der Waals surface area contributed by atoms with E-state index in [1.54, 1.807) is 13.1 Å². The number of hydrogen-bond donors (Lipinski definition) is 2. The zero-order chi connectivity index (χ0) is 27.3. The predicted octanol–water partition coefficient (Wildman–Crippen LogP) is 5.56. The number of esters is 1. The molecule has 8 nitrogen and oxygen atoms in total. The van der Waals surface area contributed by atoms with Gasteiger partial charge in [-0.2, -0.15) is 5.10 Å². The van der Waals surface area contributed by atoms with E-state index in [0.717, 1.165) is 17.8 Å². The maximum atomic E-state index is 13.8. The normalized spacial score (nSPS) is 16.2. The van der Waals surface area contributed by atoms with Gasteiger partial charge in [0.25, 0.3) is 5.91 Å². The van der Waals surface area contributed by atoms with Crippen LogP contribution in [0, 0.1) is 0 Å². The van der Waals surface area contributed by atoms with E-state index >= 15 is 0 Å². The number of ether oxygens (including phenoxy) is 2. The molecule has 0 saturated carbocycles. The number of nitrogens with zero attached hydrogens (tertiary/aromatic N) is 2. The standard InChI is InChI=1S/C30H38N4O4/c1-6-30(7-2,22-14-16-23(17-15-22)38-20-26(35)37-8-3)33-28(36)24-19-31-34-27(24)32-25(18-29(34,4)5)21-12-10-9-11-13-21/h9-17,19,25,32H,6-8,18,20H2,1-5H3,(H,33,36). The zero-order valence-corrected chi connectivity index (χ0v) is 22.9. The molecule has 2 aromatic carbocycles. The predicted molar refractivity (Wildman–Crippen MR) is 147 cm³/mol. The summed E-state index contributed by atoms with van der Waals surface area (Å²) in [5.74, 6) is 0.723. The Labute approximate surface area is 224 Å². The van der Waals surface area contributed by atoms with Crippen molar-refractivity contribution in [3.8, 4) is 5.75 Å². The topological polar surface area (TPSA) is 94.5 Å². The van der Waals surface area contributed by atoms with Gasteiger partial charge >= 0.3 is 5.97 Å². The van der Waals surface area contributed by atoms with Crippen LogP contribution >= 0.6 is 0 Å². The van der Waals surface area contributed by atoms with Gasteiger partial charge in [-0.1, -0.05) is 56.3 Å². The number of anilines is 1. The van der Waals surface area contributed by atoms with Crippen LogP contribution in [0.3, 0.4) is 0 Å². The van der Waals surface area contributed by atoms with Crippen LogP contribution in [-0.4, -0.2) is 34.9 Å². The highest BCUT2D eigenvalue weighted by atomic mass is 16.6. The molecule has 0 aliphatic carbocycles. The van der Waals surface area contributed by atoms with Crippen molar-refractivity contribution in [1.29, 1.82) is 0 Å². The Morgan fingerprint density at radius 1 is 1.08 bits per heavy atom. The summed E-state index contributed by atoms with van der Waals surface area (Å²) in [6.07, 6.45) is 3.92. The molecule has 4 rings (SSSR count). The third-order valence-electron chi connectivity index (χ3n) is 7.43. The van der Waals surface area contributed by atoms with Gasteiger partial charge in [0, 0.05) is 0 Å². The highest BCUT2D eigenvalue weighted by molar-refractivity contribution is 5.99. The van der Waals surface area contributed by atoms with E-state index in [4.69, 9.17) is 9.47 Å². The molecule has 8 heteroatoms. The first-order chi connectivity index (χ1) is 18.2. The fraction of sp³-hybridized carbons (Fsp3) is 0.433. The van der Waals surface area contributed by atoms with E-state index in [9.17, 15) is 9.59 Å². The molecule has 1 amide bonds. The van der Waals surface area contributed by atoms with Gasteiger partial charge in [0.2, 0.25) is 0 Å². The van der Waals surface area contributed by atoms with Crippen LogP contribution in [0.5, 0.6) is 5.75 Å². The quantitative estimate of drug-likeness (QED) is 0.341. The first kappa shape index (κ1) is 27.2. The van der Waals surface area contributed by atoms with Crippen molar-refractivity contribution in [2.45, 2.75) is 71.0 Å². The van der Waals surface area contributed by atoms with Crippen molar-refractivity contribution in [2.75, 3.05) is 18.5 Å². The van der Waals surface area contributed by atoms with Gasteiger partial charge in [0.15, 0.2) is 6.61 Å². The Kier molecular flexibility index (Phi) is 8.09. The molecular weight excluding hydrogens is 480 g/mol. The SMILES string of the molecule is CCOC(=O)COc1ccc(C(CC)(CC)NC(=O)c2cnn3c2NC(c2ccccc2)CC3(C)C)cc1. The number of hydrogen-bond acceptors (Lipinski definition) is 6. The Morgan fingerprint density at radius 2 is 1.76 bits per heavy atom. The molecule has 1 aliphatic heterocycles. The number of carbonyl (C=O) groups is 2. The van der Waals surface area contributed by atoms with Crippen LogP contribution in [0.1, 0.15) is 81.4 Å². The van der Waals surface area contributed by atoms with Crippen molar-refractivity contribution < 1.29 is 19.1 Å². The van der Waals surface area contributed by atoms with E-state index in [-0.39, 0.29) is 24.1 Å². The third kappa shape index (κ3) is 5.54. The van der Waals surface area contributed by atoms with E-state index < -0.39 is 11.5 Å². The van der Waals surface area contributed by atoms with Gasteiger partial charge in [-0.15, -0.1) is 0 Å². The molecule has 0 spiro atoms. The lowest BCUT2D eigenvalue weighted by atomic mass is 9.84. The Bertz CT molecular complexity index is 1250. The summed E-state index contributed by atoms with van der Waals surface area (Å²) in [4.78, 5) is 25.4. The lowest BCUT2D eigenvalue weighted by molar-refractivity contribution is -0.145.